The summed E-state index contributed by atoms with van der Waals surface area (Å²) >= 11 is 0. The lowest BCUT2D eigenvalue weighted by Gasteiger charge is -2.27. The van der Waals surface area contributed by atoms with Gasteiger partial charge < -0.3 is 34.5 Å². The topological polar surface area (TPSA) is 110 Å². The Morgan fingerprint density at radius 3 is 1.61 bits per heavy atom. The maximum atomic E-state index is 12.7. The minimum atomic E-state index is -2.71. The smallest absolute Gasteiger partial charge is 0.377 e. The second kappa shape index (κ2) is 20.8. The number of hydrogen-bond donors (Lipinski definition) is 4. The maximum absolute atomic E-state index is 12.7. The monoisotopic (exact) mass is 718 g/mol. The van der Waals surface area contributed by atoms with Crippen molar-refractivity contribution >= 4 is 32.0 Å². The summed E-state index contributed by atoms with van der Waals surface area (Å²) in [6.07, 6.45) is 11.7. The molecular formula is C41H62N4O5Si. The van der Waals surface area contributed by atoms with Crippen LogP contribution in [-0.2, 0) is 24.4 Å². The first-order valence-corrected chi connectivity index (χ1v) is 19.6. The molecule has 51 heavy (non-hydrogen) atoms. The summed E-state index contributed by atoms with van der Waals surface area (Å²) in [5, 5.41) is 12.0. The van der Waals surface area contributed by atoms with Gasteiger partial charge in [0, 0.05) is 40.5 Å². The SMILES string of the molecule is C=C(C)c1cccc(C(C)(C)NC(=O)NCC=CCCC(CC=CCNC(=O)NC(C)(C)c2cccc(C(=C)C)c2)CC[Si](OC)(OC)OC)c1. The molecule has 0 saturated carbocycles. The van der Waals surface area contributed by atoms with Crippen LogP contribution in [0.1, 0.15) is 89.5 Å². The molecule has 10 heteroatoms. The molecule has 4 N–H and O–H groups in total. The molecule has 0 radical (unpaired) electrons. The molecule has 0 bridgehead atoms. The Labute approximate surface area is 308 Å². The van der Waals surface area contributed by atoms with Gasteiger partial charge in [0.05, 0.1) is 11.1 Å². The average Bonchev–Trinajstić information content (AvgIpc) is 3.09. The summed E-state index contributed by atoms with van der Waals surface area (Å²) in [6.45, 7) is 20.8. The summed E-state index contributed by atoms with van der Waals surface area (Å²) < 4.78 is 17.0. The highest BCUT2D eigenvalue weighted by molar-refractivity contribution is 6.60. The average molecular weight is 719 g/mol. The van der Waals surface area contributed by atoms with Gasteiger partial charge in [0.1, 0.15) is 0 Å². The fourth-order valence-corrected chi connectivity index (χ4v) is 7.55. The van der Waals surface area contributed by atoms with Crippen LogP contribution in [0.2, 0.25) is 6.04 Å². The van der Waals surface area contributed by atoms with Crippen LogP contribution in [0, 0.1) is 5.92 Å². The molecule has 0 spiro atoms. The minimum absolute atomic E-state index is 0.226. The van der Waals surface area contributed by atoms with Crippen LogP contribution < -0.4 is 21.3 Å². The first kappa shape index (κ1) is 43.2. The van der Waals surface area contributed by atoms with Crippen LogP contribution in [0.15, 0.2) is 86.0 Å². The number of urea groups is 2. The molecule has 0 heterocycles. The van der Waals surface area contributed by atoms with E-state index in [1.165, 1.54) is 0 Å². The third kappa shape index (κ3) is 14.7. The van der Waals surface area contributed by atoms with E-state index in [0.29, 0.717) is 25.1 Å². The normalized spacial score (nSPS) is 12.9. The number of hydrogen-bond acceptors (Lipinski definition) is 5. The zero-order valence-corrected chi connectivity index (χ0v) is 33.4. The highest BCUT2D eigenvalue weighted by Crippen LogP contribution is 2.26. The van der Waals surface area contributed by atoms with Crippen molar-refractivity contribution in [3.05, 3.63) is 108 Å². The molecule has 2 aromatic carbocycles. The van der Waals surface area contributed by atoms with Crippen molar-refractivity contribution in [2.45, 2.75) is 84.3 Å². The van der Waals surface area contributed by atoms with Gasteiger partial charge in [-0.25, -0.2) is 9.59 Å². The largest absolute Gasteiger partial charge is 0.500 e. The van der Waals surface area contributed by atoms with E-state index in [4.69, 9.17) is 13.3 Å². The number of benzene rings is 2. The molecule has 0 aliphatic carbocycles. The van der Waals surface area contributed by atoms with E-state index in [9.17, 15) is 9.59 Å². The predicted molar refractivity (Wildman–Crippen MR) is 213 cm³/mol. The molecule has 9 nitrogen and oxygen atoms in total. The molecule has 0 fully saturated rings. The molecule has 2 rings (SSSR count). The maximum Gasteiger partial charge on any atom is 0.500 e. The molecule has 0 saturated heterocycles. The zero-order chi connectivity index (χ0) is 38.1. The number of amides is 4. The van der Waals surface area contributed by atoms with Crippen molar-refractivity contribution in [1.29, 1.82) is 0 Å². The first-order valence-electron chi connectivity index (χ1n) is 17.7. The number of carbonyl (C=O) groups excluding carboxylic acids is 2. The minimum Gasteiger partial charge on any atom is -0.377 e. The van der Waals surface area contributed by atoms with Crippen LogP contribution >= 0.6 is 0 Å². The van der Waals surface area contributed by atoms with Gasteiger partial charge in [0.25, 0.3) is 0 Å². The predicted octanol–water partition coefficient (Wildman–Crippen LogP) is 8.69. The third-order valence-electron chi connectivity index (χ3n) is 9.10. The second-order valence-electron chi connectivity index (χ2n) is 14.1. The molecule has 0 aromatic heterocycles. The molecular weight excluding hydrogens is 657 g/mol. The summed E-state index contributed by atoms with van der Waals surface area (Å²) in [7, 11) is 2.20. The fraction of sp³-hybridized carbons (Fsp3) is 0.463. The fourth-order valence-electron chi connectivity index (χ4n) is 5.67. The van der Waals surface area contributed by atoms with Crippen LogP contribution in [0.4, 0.5) is 9.59 Å². The van der Waals surface area contributed by atoms with Gasteiger partial charge in [-0.3, -0.25) is 0 Å². The van der Waals surface area contributed by atoms with E-state index in [0.717, 1.165) is 59.1 Å². The third-order valence-corrected chi connectivity index (χ3v) is 11.9. The van der Waals surface area contributed by atoms with Crippen LogP contribution in [0.25, 0.3) is 11.1 Å². The Morgan fingerprint density at radius 1 is 0.725 bits per heavy atom. The van der Waals surface area contributed by atoms with Crippen molar-refractivity contribution in [2.24, 2.45) is 5.92 Å². The van der Waals surface area contributed by atoms with Crippen LogP contribution in [-0.4, -0.2) is 55.3 Å². The number of carbonyl (C=O) groups is 2. The highest BCUT2D eigenvalue weighted by atomic mass is 28.4. The van der Waals surface area contributed by atoms with Crippen molar-refractivity contribution in [2.75, 3.05) is 34.4 Å². The van der Waals surface area contributed by atoms with Gasteiger partial charge >= 0.3 is 20.9 Å². The van der Waals surface area contributed by atoms with Gasteiger partial charge in [-0.2, -0.15) is 0 Å². The molecule has 2 aromatic rings. The Morgan fingerprint density at radius 2 is 1.18 bits per heavy atom. The molecule has 0 aliphatic rings. The summed E-state index contributed by atoms with van der Waals surface area (Å²) in [6, 6.07) is 16.4. The van der Waals surface area contributed by atoms with Gasteiger partial charge in [0.2, 0.25) is 0 Å². The number of rotatable bonds is 21. The Kier molecular flexibility index (Phi) is 17.6. The van der Waals surface area contributed by atoms with Crippen molar-refractivity contribution in [1.82, 2.24) is 21.3 Å². The molecule has 1 unspecified atom stereocenters. The molecule has 4 amide bonds. The Hall–Kier alpha value is -3.96. The number of nitrogens with one attached hydrogen (secondary N) is 4. The zero-order valence-electron chi connectivity index (χ0n) is 32.4. The van der Waals surface area contributed by atoms with Gasteiger partial charge in [-0.15, -0.1) is 0 Å². The molecule has 1 atom stereocenters. The standard InChI is InChI=1S/C41H62N4O5Si/c1-31(2)34-21-17-23-36(29-34)40(5,6)44-38(46)42-26-15-12-13-19-33(25-28-51(48-9,49-10)50-11)20-14-16-27-43-39(47)45-41(7,8)37-24-18-22-35(30-37)32(3)4/h12,14-18,21-24,29-30,33H,1,3,13,19-20,25-28H2,2,4-11H3,(H2,42,44,46)(H2,43,45,47). The van der Waals surface area contributed by atoms with E-state index in [1.807, 2.05) is 90.1 Å². The van der Waals surface area contributed by atoms with Gasteiger partial charge in [-0.05, 0) is 108 Å². The van der Waals surface area contributed by atoms with E-state index >= 15 is 0 Å². The van der Waals surface area contributed by atoms with E-state index in [-0.39, 0.29) is 12.1 Å². The van der Waals surface area contributed by atoms with E-state index < -0.39 is 19.9 Å². The summed E-state index contributed by atoms with van der Waals surface area (Å²) in [4.78, 5) is 25.4. The lowest BCUT2D eigenvalue weighted by molar-refractivity contribution is 0.121. The summed E-state index contributed by atoms with van der Waals surface area (Å²) in [5.41, 5.74) is 5.00. The summed E-state index contributed by atoms with van der Waals surface area (Å²) in [5.74, 6) is 0.346. The van der Waals surface area contributed by atoms with Gasteiger partial charge in [0.15, 0.2) is 0 Å². The number of allylic oxidation sites excluding steroid dienone is 4. The molecule has 280 valence electrons. The van der Waals surface area contributed by atoms with Crippen molar-refractivity contribution in [3.8, 4) is 0 Å². The Bertz CT molecular complexity index is 1500. The van der Waals surface area contributed by atoms with Crippen molar-refractivity contribution < 1.29 is 22.9 Å². The van der Waals surface area contributed by atoms with Crippen molar-refractivity contribution in [3.63, 3.8) is 0 Å². The Balaban J connectivity index is 1.88. The quantitative estimate of drug-likeness (QED) is 0.0763. The second-order valence-corrected chi connectivity index (χ2v) is 17.2. The van der Waals surface area contributed by atoms with Gasteiger partial charge in [-0.1, -0.05) is 85.0 Å². The van der Waals surface area contributed by atoms with E-state index in [1.54, 1.807) is 21.3 Å². The van der Waals surface area contributed by atoms with E-state index in [2.05, 4.69) is 58.7 Å². The first-order chi connectivity index (χ1) is 24.1. The molecule has 0 aliphatic heterocycles. The highest BCUT2D eigenvalue weighted by Gasteiger charge is 2.37. The lowest BCUT2D eigenvalue weighted by atomic mass is 9.92. The van der Waals surface area contributed by atoms with Crippen LogP contribution in [0.3, 0.4) is 0 Å². The van der Waals surface area contributed by atoms with Crippen LogP contribution in [0.5, 0.6) is 0 Å². The lowest BCUT2D eigenvalue weighted by Crippen LogP contribution is -2.46.